The second-order valence-electron chi connectivity index (χ2n) is 6.60. The Hall–Kier alpha value is -3.02. The molecule has 148 valence electrons. The molecule has 2 aromatic carbocycles. The van der Waals surface area contributed by atoms with Gasteiger partial charge in [-0.15, -0.1) is 0 Å². The molecule has 1 aliphatic carbocycles. The van der Waals surface area contributed by atoms with Crippen LogP contribution in [0.2, 0.25) is 0 Å². The number of rotatable bonds is 7. The van der Waals surface area contributed by atoms with Crippen LogP contribution < -0.4 is 14.2 Å². The van der Waals surface area contributed by atoms with Gasteiger partial charge in [-0.25, -0.2) is 4.79 Å². The second-order valence-corrected chi connectivity index (χ2v) is 6.60. The molecular formula is C22H24O6. The monoisotopic (exact) mass is 384 g/mol. The Kier molecular flexibility index (Phi) is 6.19. The average molecular weight is 384 g/mol. The van der Waals surface area contributed by atoms with Crippen molar-refractivity contribution < 1.29 is 28.5 Å². The van der Waals surface area contributed by atoms with Crippen molar-refractivity contribution in [3.05, 3.63) is 52.6 Å². The number of hydrogen-bond acceptors (Lipinski definition) is 6. The molecule has 2 aromatic rings. The van der Waals surface area contributed by atoms with E-state index in [1.165, 1.54) is 44.9 Å². The Bertz CT molecular complexity index is 887. The number of ether oxygens (including phenoxy) is 4. The lowest BCUT2D eigenvalue weighted by Gasteiger charge is -2.16. The molecule has 0 aliphatic heterocycles. The number of Topliss-reactive ketones (excluding diaryl/α,β-unsaturated/α-hetero) is 1. The first-order valence-corrected chi connectivity index (χ1v) is 9.19. The highest BCUT2D eigenvalue weighted by molar-refractivity contribution is 6.00. The van der Waals surface area contributed by atoms with E-state index in [4.69, 9.17) is 18.9 Å². The summed E-state index contributed by atoms with van der Waals surface area (Å²) in [6.07, 6.45) is 4.36. The summed E-state index contributed by atoms with van der Waals surface area (Å²) in [6, 6.07) is 8.74. The number of ketones is 1. The molecule has 6 nitrogen and oxygen atoms in total. The molecule has 0 atom stereocenters. The molecule has 1 aliphatic rings. The van der Waals surface area contributed by atoms with Crippen molar-refractivity contribution in [2.75, 3.05) is 27.9 Å². The van der Waals surface area contributed by atoms with Crippen molar-refractivity contribution in [1.29, 1.82) is 0 Å². The first-order valence-electron chi connectivity index (χ1n) is 9.19. The van der Waals surface area contributed by atoms with Crippen LogP contribution in [0.1, 0.15) is 44.7 Å². The molecule has 0 amide bonds. The highest BCUT2D eigenvalue weighted by atomic mass is 16.5. The number of fused-ring (bicyclic) bond motifs is 1. The van der Waals surface area contributed by atoms with Crippen LogP contribution in [-0.4, -0.2) is 39.7 Å². The predicted octanol–water partition coefficient (Wildman–Crippen LogP) is 3.63. The lowest BCUT2D eigenvalue weighted by Crippen LogP contribution is -2.16. The van der Waals surface area contributed by atoms with Gasteiger partial charge in [0.05, 0.1) is 21.3 Å². The Morgan fingerprint density at radius 1 is 0.821 bits per heavy atom. The number of carbonyl (C=O) groups excluding carboxylic acids is 2. The maximum atomic E-state index is 12.5. The van der Waals surface area contributed by atoms with Gasteiger partial charge in [-0.3, -0.25) is 4.79 Å². The third-order valence-corrected chi connectivity index (χ3v) is 4.93. The number of methoxy groups -OCH3 is 3. The van der Waals surface area contributed by atoms with Crippen molar-refractivity contribution in [2.24, 2.45) is 0 Å². The van der Waals surface area contributed by atoms with Crippen molar-refractivity contribution >= 4 is 11.8 Å². The van der Waals surface area contributed by atoms with E-state index in [0.717, 1.165) is 19.3 Å². The van der Waals surface area contributed by atoms with Crippen LogP contribution >= 0.6 is 0 Å². The van der Waals surface area contributed by atoms with E-state index in [-0.39, 0.29) is 23.7 Å². The predicted molar refractivity (Wildman–Crippen MR) is 104 cm³/mol. The SMILES string of the molecule is COc1cc(OC)c(C(=O)OCC(=O)c2ccc3c(c2)CCCC3)cc1OC. The molecule has 0 saturated carbocycles. The zero-order valence-corrected chi connectivity index (χ0v) is 16.4. The number of benzene rings is 2. The van der Waals surface area contributed by atoms with Gasteiger partial charge in [0, 0.05) is 17.7 Å². The minimum atomic E-state index is -0.663. The zero-order valence-electron chi connectivity index (χ0n) is 16.4. The lowest BCUT2D eigenvalue weighted by molar-refractivity contribution is 0.0471. The van der Waals surface area contributed by atoms with Gasteiger partial charge in [-0.2, -0.15) is 0 Å². The fraction of sp³-hybridized carbons (Fsp3) is 0.364. The first kappa shape index (κ1) is 19.7. The van der Waals surface area contributed by atoms with E-state index in [9.17, 15) is 9.59 Å². The summed E-state index contributed by atoms with van der Waals surface area (Å²) in [7, 11) is 4.40. The highest BCUT2D eigenvalue weighted by Crippen LogP contribution is 2.35. The summed E-state index contributed by atoms with van der Waals surface area (Å²) in [5.74, 6) is 0.187. The molecule has 0 saturated heterocycles. The molecule has 0 spiro atoms. The van der Waals surface area contributed by atoms with Gasteiger partial charge in [0.25, 0.3) is 0 Å². The van der Waals surface area contributed by atoms with Crippen LogP contribution in [0.15, 0.2) is 30.3 Å². The number of aryl methyl sites for hydroxylation is 2. The lowest BCUT2D eigenvalue weighted by atomic mass is 9.90. The van der Waals surface area contributed by atoms with Gasteiger partial charge in [-0.1, -0.05) is 12.1 Å². The summed E-state index contributed by atoms with van der Waals surface area (Å²) < 4.78 is 20.9. The molecule has 0 unspecified atom stereocenters. The van der Waals surface area contributed by atoms with Crippen LogP contribution in [0.4, 0.5) is 0 Å². The number of hydrogen-bond donors (Lipinski definition) is 0. The summed E-state index contributed by atoms with van der Waals surface area (Å²) in [5, 5.41) is 0. The molecule has 28 heavy (non-hydrogen) atoms. The Balaban J connectivity index is 1.72. The van der Waals surface area contributed by atoms with Gasteiger partial charge in [0.1, 0.15) is 11.3 Å². The van der Waals surface area contributed by atoms with Gasteiger partial charge in [0.15, 0.2) is 23.9 Å². The molecule has 6 heteroatoms. The summed E-state index contributed by atoms with van der Waals surface area (Å²) in [5.41, 5.74) is 3.24. The van der Waals surface area contributed by atoms with Crippen LogP contribution in [0.5, 0.6) is 17.2 Å². The number of esters is 1. The summed E-state index contributed by atoms with van der Waals surface area (Å²) in [6.45, 7) is -0.338. The topological polar surface area (TPSA) is 71.1 Å². The van der Waals surface area contributed by atoms with E-state index in [1.807, 2.05) is 12.1 Å². The maximum absolute atomic E-state index is 12.5. The van der Waals surface area contributed by atoms with E-state index in [0.29, 0.717) is 17.1 Å². The fourth-order valence-electron chi connectivity index (χ4n) is 3.39. The molecule has 0 N–H and O–H groups in total. The second kappa shape index (κ2) is 8.78. The molecule has 3 rings (SSSR count). The van der Waals surface area contributed by atoms with Crippen LogP contribution in [-0.2, 0) is 17.6 Å². The minimum Gasteiger partial charge on any atom is -0.496 e. The molecule has 0 fully saturated rings. The van der Waals surface area contributed by atoms with E-state index in [2.05, 4.69) is 0 Å². The van der Waals surface area contributed by atoms with E-state index >= 15 is 0 Å². The van der Waals surface area contributed by atoms with Crippen molar-refractivity contribution in [3.63, 3.8) is 0 Å². The Morgan fingerprint density at radius 3 is 2.14 bits per heavy atom. The fourth-order valence-corrected chi connectivity index (χ4v) is 3.39. The molecule has 0 aromatic heterocycles. The van der Waals surface area contributed by atoms with Gasteiger partial charge in [0.2, 0.25) is 0 Å². The van der Waals surface area contributed by atoms with Gasteiger partial charge < -0.3 is 18.9 Å². The van der Waals surface area contributed by atoms with Crippen LogP contribution in [0.25, 0.3) is 0 Å². The van der Waals surface area contributed by atoms with Crippen molar-refractivity contribution in [2.45, 2.75) is 25.7 Å². The van der Waals surface area contributed by atoms with E-state index in [1.54, 1.807) is 12.1 Å². The Morgan fingerprint density at radius 2 is 1.46 bits per heavy atom. The average Bonchev–Trinajstić information content (AvgIpc) is 2.75. The Labute approximate surface area is 164 Å². The molecular weight excluding hydrogens is 360 g/mol. The zero-order chi connectivity index (χ0) is 20.1. The normalized spacial score (nSPS) is 12.7. The van der Waals surface area contributed by atoms with E-state index < -0.39 is 5.97 Å². The number of carbonyl (C=O) groups is 2. The molecule has 0 radical (unpaired) electrons. The first-order chi connectivity index (χ1) is 13.6. The maximum Gasteiger partial charge on any atom is 0.342 e. The van der Waals surface area contributed by atoms with Crippen LogP contribution in [0, 0.1) is 0 Å². The molecule has 0 heterocycles. The standard InChI is InChI=1S/C22H24O6/c1-25-19-12-21(27-3)20(26-2)11-17(19)22(24)28-13-18(23)16-9-8-14-6-4-5-7-15(14)10-16/h8-12H,4-7,13H2,1-3H3. The summed E-state index contributed by atoms with van der Waals surface area (Å²) >= 11 is 0. The van der Waals surface area contributed by atoms with Gasteiger partial charge in [-0.05, 0) is 42.9 Å². The minimum absolute atomic E-state index is 0.165. The van der Waals surface area contributed by atoms with Gasteiger partial charge >= 0.3 is 5.97 Å². The van der Waals surface area contributed by atoms with Crippen LogP contribution in [0.3, 0.4) is 0 Å². The largest absolute Gasteiger partial charge is 0.496 e. The summed E-state index contributed by atoms with van der Waals surface area (Å²) in [4.78, 5) is 25.0. The highest BCUT2D eigenvalue weighted by Gasteiger charge is 2.20. The molecule has 0 bridgehead atoms. The van der Waals surface area contributed by atoms with Crippen molar-refractivity contribution in [3.8, 4) is 17.2 Å². The third kappa shape index (κ3) is 4.11. The van der Waals surface area contributed by atoms with Crippen molar-refractivity contribution in [1.82, 2.24) is 0 Å². The third-order valence-electron chi connectivity index (χ3n) is 4.93. The quantitative estimate of drug-likeness (QED) is 0.536. The smallest absolute Gasteiger partial charge is 0.342 e.